The number of piperidine rings is 1. The number of aliphatic hydroxyl groups is 1. The highest BCUT2D eigenvalue weighted by Crippen LogP contribution is 2.34. The van der Waals surface area contributed by atoms with E-state index in [2.05, 4.69) is 31.2 Å². The molecule has 186 valence electrons. The van der Waals surface area contributed by atoms with E-state index in [0.29, 0.717) is 50.7 Å². The molecule has 1 aromatic carbocycles. The van der Waals surface area contributed by atoms with E-state index in [9.17, 15) is 19.6 Å². The SMILES string of the molecule is N#CC1(c2ccncn2)CCN(Cc2cc(C(=O)NC3CCCCC3O)nc3c(F)cccc23)CC1. The third kappa shape index (κ3) is 4.79. The Morgan fingerprint density at radius 2 is 2.06 bits per heavy atom. The Hall–Kier alpha value is -3.48. The molecule has 1 saturated carbocycles. The topological polar surface area (TPSA) is 115 Å². The van der Waals surface area contributed by atoms with Crippen molar-refractivity contribution in [1.82, 2.24) is 25.2 Å². The van der Waals surface area contributed by atoms with Crippen molar-refractivity contribution in [1.29, 1.82) is 5.26 Å². The summed E-state index contributed by atoms with van der Waals surface area (Å²) in [4.78, 5) is 27.9. The molecule has 1 saturated heterocycles. The molecule has 1 amide bonds. The fourth-order valence-corrected chi connectivity index (χ4v) is 5.39. The molecule has 0 spiro atoms. The number of carbonyl (C=O) groups excluding carboxylic acids is 1. The number of nitriles is 1. The quantitative estimate of drug-likeness (QED) is 0.566. The molecule has 1 aliphatic carbocycles. The highest BCUT2D eigenvalue weighted by molar-refractivity contribution is 5.96. The summed E-state index contributed by atoms with van der Waals surface area (Å²) >= 11 is 0. The number of para-hydroxylation sites is 1. The minimum absolute atomic E-state index is 0.143. The Morgan fingerprint density at radius 3 is 2.78 bits per heavy atom. The Balaban J connectivity index is 1.38. The van der Waals surface area contributed by atoms with Crippen molar-refractivity contribution in [3.05, 3.63) is 65.6 Å². The van der Waals surface area contributed by atoms with Gasteiger partial charge < -0.3 is 10.4 Å². The lowest BCUT2D eigenvalue weighted by atomic mass is 9.76. The molecule has 2 aromatic heterocycles. The van der Waals surface area contributed by atoms with Gasteiger partial charge in [0.05, 0.1) is 23.9 Å². The number of hydrogen-bond donors (Lipinski definition) is 2. The smallest absolute Gasteiger partial charge is 0.270 e. The van der Waals surface area contributed by atoms with E-state index in [1.807, 2.05) is 6.07 Å². The Kier molecular flexibility index (Phi) is 6.90. The van der Waals surface area contributed by atoms with Crippen LogP contribution in [0.2, 0.25) is 0 Å². The molecule has 5 rings (SSSR count). The number of amides is 1. The molecule has 2 unspecified atom stereocenters. The van der Waals surface area contributed by atoms with Crippen LogP contribution in [-0.2, 0) is 12.0 Å². The maximum absolute atomic E-state index is 14.7. The number of rotatable bonds is 5. The molecular formula is C27H29FN6O2. The molecule has 2 aliphatic rings. The number of likely N-dealkylation sites (tertiary alicyclic amines) is 1. The van der Waals surface area contributed by atoms with E-state index < -0.39 is 23.2 Å². The molecule has 2 N–H and O–H groups in total. The van der Waals surface area contributed by atoms with Crippen LogP contribution in [0.3, 0.4) is 0 Å². The summed E-state index contributed by atoms with van der Waals surface area (Å²) < 4.78 is 14.7. The lowest BCUT2D eigenvalue weighted by Gasteiger charge is -2.37. The monoisotopic (exact) mass is 488 g/mol. The van der Waals surface area contributed by atoms with E-state index in [-0.39, 0.29) is 17.3 Å². The van der Waals surface area contributed by atoms with E-state index in [4.69, 9.17) is 0 Å². The number of aliphatic hydroxyl groups excluding tert-OH is 1. The van der Waals surface area contributed by atoms with Crippen molar-refractivity contribution in [2.75, 3.05) is 13.1 Å². The van der Waals surface area contributed by atoms with Gasteiger partial charge in [-0.25, -0.2) is 19.3 Å². The second kappa shape index (κ2) is 10.2. The summed E-state index contributed by atoms with van der Waals surface area (Å²) in [5, 5.41) is 23.8. The molecular weight excluding hydrogens is 459 g/mol. The van der Waals surface area contributed by atoms with Crippen molar-refractivity contribution >= 4 is 16.8 Å². The minimum atomic E-state index is -0.655. The molecule has 1 aliphatic heterocycles. The number of nitrogens with one attached hydrogen (secondary N) is 1. The van der Waals surface area contributed by atoms with E-state index in [0.717, 1.165) is 24.1 Å². The van der Waals surface area contributed by atoms with E-state index >= 15 is 0 Å². The lowest BCUT2D eigenvalue weighted by molar-refractivity contribution is 0.0714. The molecule has 3 heterocycles. The molecule has 2 fully saturated rings. The van der Waals surface area contributed by atoms with E-state index in [1.165, 1.54) is 12.4 Å². The van der Waals surface area contributed by atoms with Crippen molar-refractivity contribution in [3.63, 3.8) is 0 Å². The van der Waals surface area contributed by atoms with Gasteiger partial charge in [-0.05, 0) is 49.4 Å². The zero-order chi connectivity index (χ0) is 25.1. The van der Waals surface area contributed by atoms with Gasteiger partial charge in [-0.3, -0.25) is 9.69 Å². The van der Waals surface area contributed by atoms with Gasteiger partial charge in [-0.15, -0.1) is 0 Å². The third-order valence-electron chi connectivity index (χ3n) is 7.54. The van der Waals surface area contributed by atoms with Crippen LogP contribution in [0.5, 0.6) is 0 Å². The Bertz CT molecular complexity index is 1290. The van der Waals surface area contributed by atoms with Gasteiger partial charge in [0.15, 0.2) is 0 Å². The van der Waals surface area contributed by atoms with Crippen LogP contribution in [-0.4, -0.2) is 56.1 Å². The zero-order valence-electron chi connectivity index (χ0n) is 20.0. The van der Waals surface area contributed by atoms with Gasteiger partial charge in [0.25, 0.3) is 5.91 Å². The van der Waals surface area contributed by atoms with Gasteiger partial charge in [0, 0.05) is 31.2 Å². The normalized spacial score (nSPS) is 22.1. The number of halogens is 1. The number of nitrogens with zero attached hydrogens (tertiary/aromatic N) is 5. The van der Waals surface area contributed by atoms with Crippen LogP contribution in [0.25, 0.3) is 10.9 Å². The molecule has 0 radical (unpaired) electrons. The summed E-state index contributed by atoms with van der Waals surface area (Å²) in [6.07, 6.45) is 7.03. The predicted octanol–water partition coefficient (Wildman–Crippen LogP) is 3.25. The van der Waals surface area contributed by atoms with Crippen LogP contribution in [0, 0.1) is 17.1 Å². The maximum atomic E-state index is 14.7. The third-order valence-corrected chi connectivity index (χ3v) is 7.54. The summed E-state index contributed by atoms with van der Waals surface area (Å²) in [7, 11) is 0. The summed E-state index contributed by atoms with van der Waals surface area (Å²) in [6.45, 7) is 1.82. The fraction of sp³-hybridized carbons (Fsp3) is 0.444. The largest absolute Gasteiger partial charge is 0.391 e. The number of carbonyl (C=O) groups is 1. The molecule has 8 nitrogen and oxygen atoms in total. The summed E-state index contributed by atoms with van der Waals surface area (Å²) in [5.74, 6) is -0.884. The van der Waals surface area contributed by atoms with Crippen molar-refractivity contribution in [3.8, 4) is 6.07 Å². The van der Waals surface area contributed by atoms with Gasteiger partial charge in [0.1, 0.15) is 28.8 Å². The number of fused-ring (bicyclic) bond motifs is 1. The van der Waals surface area contributed by atoms with Gasteiger partial charge in [-0.2, -0.15) is 5.26 Å². The molecule has 2 atom stereocenters. The first kappa shape index (κ1) is 24.2. The summed E-state index contributed by atoms with van der Waals surface area (Å²) in [5.41, 5.74) is 1.19. The molecule has 3 aromatic rings. The second-order valence-electron chi connectivity index (χ2n) is 9.80. The molecule has 36 heavy (non-hydrogen) atoms. The first-order valence-corrected chi connectivity index (χ1v) is 12.5. The Morgan fingerprint density at radius 1 is 1.25 bits per heavy atom. The average molecular weight is 489 g/mol. The first-order valence-electron chi connectivity index (χ1n) is 12.5. The molecule has 9 heteroatoms. The average Bonchev–Trinajstić information content (AvgIpc) is 2.91. The minimum Gasteiger partial charge on any atom is -0.391 e. The van der Waals surface area contributed by atoms with Crippen LogP contribution in [0.15, 0.2) is 42.9 Å². The predicted molar refractivity (Wildman–Crippen MR) is 131 cm³/mol. The highest BCUT2D eigenvalue weighted by atomic mass is 19.1. The number of hydrogen-bond acceptors (Lipinski definition) is 7. The van der Waals surface area contributed by atoms with Gasteiger partial charge >= 0.3 is 0 Å². The standard InChI is InChI=1S/C27H29FN6O2/c28-20-5-3-4-19-18(14-22(32-25(19)20)26(36)33-21-6-1-2-7-23(21)35)15-34-12-9-27(16-29,10-13-34)24-8-11-30-17-31-24/h3-5,8,11,14,17,21,23,35H,1-2,6-7,9-10,12-13,15H2,(H,33,36). The maximum Gasteiger partial charge on any atom is 0.270 e. The van der Waals surface area contributed by atoms with Gasteiger partial charge in [0.2, 0.25) is 0 Å². The fourth-order valence-electron chi connectivity index (χ4n) is 5.39. The van der Waals surface area contributed by atoms with Gasteiger partial charge in [-0.1, -0.05) is 25.0 Å². The number of aromatic nitrogens is 3. The van der Waals surface area contributed by atoms with Crippen molar-refractivity contribution < 1.29 is 14.3 Å². The number of pyridine rings is 1. The van der Waals surface area contributed by atoms with Crippen LogP contribution >= 0.6 is 0 Å². The van der Waals surface area contributed by atoms with Crippen molar-refractivity contribution in [2.45, 2.75) is 62.6 Å². The second-order valence-corrected chi connectivity index (χ2v) is 9.80. The van der Waals surface area contributed by atoms with Crippen LogP contribution in [0.4, 0.5) is 4.39 Å². The van der Waals surface area contributed by atoms with Crippen LogP contribution < -0.4 is 5.32 Å². The Labute approximate surface area is 209 Å². The highest BCUT2D eigenvalue weighted by Gasteiger charge is 2.38. The van der Waals surface area contributed by atoms with E-state index in [1.54, 1.807) is 24.4 Å². The molecule has 0 bridgehead atoms. The van der Waals surface area contributed by atoms with Crippen LogP contribution in [0.1, 0.15) is 60.3 Å². The van der Waals surface area contributed by atoms with Crippen molar-refractivity contribution in [2.24, 2.45) is 0 Å². The number of benzene rings is 1. The summed E-state index contributed by atoms with van der Waals surface area (Å²) in [6, 6.07) is 10.5. The first-order chi connectivity index (χ1) is 17.5. The lowest BCUT2D eigenvalue weighted by Crippen LogP contribution is -2.45. The zero-order valence-corrected chi connectivity index (χ0v) is 20.0.